The van der Waals surface area contributed by atoms with Crippen LogP contribution in [0.15, 0.2) is 42.6 Å². The van der Waals surface area contributed by atoms with Crippen LogP contribution >= 0.6 is 0 Å². The van der Waals surface area contributed by atoms with Gasteiger partial charge in [-0.05, 0) is 54.4 Å². The fraction of sp³-hybridized carbons (Fsp3) is 0.476. The zero-order chi connectivity index (χ0) is 15.4. The van der Waals surface area contributed by atoms with Crippen molar-refractivity contribution in [2.24, 2.45) is 5.92 Å². The largest absolute Gasteiger partial charge is 0.260 e. The topological polar surface area (TPSA) is 12.9 Å². The summed E-state index contributed by atoms with van der Waals surface area (Å²) in [4.78, 5) is 4.84. The average Bonchev–Trinajstić information content (AvgIpc) is 2.71. The van der Waals surface area contributed by atoms with Gasteiger partial charge in [-0.15, -0.1) is 0 Å². The van der Waals surface area contributed by atoms with E-state index >= 15 is 0 Å². The Balaban J connectivity index is 2.12. The van der Waals surface area contributed by atoms with E-state index in [1.807, 2.05) is 6.20 Å². The molecule has 0 radical (unpaired) electrons. The van der Waals surface area contributed by atoms with Crippen LogP contribution in [-0.2, 0) is 12.8 Å². The number of hydrogen-bond acceptors (Lipinski definition) is 1. The van der Waals surface area contributed by atoms with Crippen molar-refractivity contribution in [2.75, 3.05) is 0 Å². The molecule has 1 unspecified atom stereocenters. The first-order valence-electron chi connectivity index (χ1n) is 8.86. The van der Waals surface area contributed by atoms with E-state index in [-0.39, 0.29) is 0 Å². The number of nitrogens with zero attached hydrogens (tertiary/aromatic N) is 1. The first-order valence-corrected chi connectivity index (χ1v) is 8.86. The van der Waals surface area contributed by atoms with Gasteiger partial charge in [-0.2, -0.15) is 0 Å². The monoisotopic (exact) mass is 293 g/mol. The van der Waals surface area contributed by atoms with E-state index in [2.05, 4.69) is 50.2 Å². The maximum Gasteiger partial charge on any atom is 0.0513 e. The molecule has 1 aliphatic rings. The van der Waals surface area contributed by atoms with Gasteiger partial charge in [0.25, 0.3) is 0 Å². The quantitative estimate of drug-likeness (QED) is 0.706. The van der Waals surface area contributed by atoms with Crippen LogP contribution < -0.4 is 0 Å². The third-order valence-electron chi connectivity index (χ3n) is 5.06. The second-order valence-corrected chi connectivity index (χ2v) is 6.56. The van der Waals surface area contributed by atoms with Crippen LogP contribution in [-0.4, -0.2) is 4.98 Å². The van der Waals surface area contributed by atoms with Gasteiger partial charge in [0, 0.05) is 12.1 Å². The summed E-state index contributed by atoms with van der Waals surface area (Å²) in [6.07, 6.45) is 9.36. The number of benzene rings is 1. The molecule has 1 heteroatoms. The van der Waals surface area contributed by atoms with Gasteiger partial charge in [0.2, 0.25) is 0 Å². The van der Waals surface area contributed by atoms with Crippen LogP contribution in [0.1, 0.15) is 67.8 Å². The van der Waals surface area contributed by atoms with Crippen molar-refractivity contribution in [3.8, 4) is 0 Å². The molecule has 1 heterocycles. The lowest BCUT2D eigenvalue weighted by Gasteiger charge is -2.28. The Morgan fingerprint density at radius 2 is 1.64 bits per heavy atom. The van der Waals surface area contributed by atoms with E-state index in [9.17, 15) is 0 Å². The minimum absolute atomic E-state index is 0.481. The molecule has 1 aliphatic carbocycles. The van der Waals surface area contributed by atoms with Crippen molar-refractivity contribution in [1.29, 1.82) is 0 Å². The Bertz CT molecular complexity index is 563. The highest BCUT2D eigenvalue weighted by atomic mass is 14.7. The SMILES string of the molecule is CCCC(CCC)C1c2ccccc2CCc2cccnc21. The van der Waals surface area contributed by atoms with Crippen LogP contribution in [0.3, 0.4) is 0 Å². The number of hydrogen-bond donors (Lipinski definition) is 0. The van der Waals surface area contributed by atoms with E-state index in [0.29, 0.717) is 11.8 Å². The highest BCUT2D eigenvalue weighted by Gasteiger charge is 2.30. The summed E-state index contributed by atoms with van der Waals surface area (Å²) < 4.78 is 0. The van der Waals surface area contributed by atoms with Gasteiger partial charge in [-0.3, -0.25) is 4.98 Å². The van der Waals surface area contributed by atoms with Gasteiger partial charge in [-0.1, -0.05) is 57.0 Å². The maximum atomic E-state index is 4.84. The lowest BCUT2D eigenvalue weighted by molar-refractivity contribution is 0.390. The van der Waals surface area contributed by atoms with Gasteiger partial charge < -0.3 is 0 Å². The van der Waals surface area contributed by atoms with E-state index < -0.39 is 0 Å². The minimum Gasteiger partial charge on any atom is -0.260 e. The molecule has 1 aromatic heterocycles. The Morgan fingerprint density at radius 3 is 2.41 bits per heavy atom. The van der Waals surface area contributed by atoms with E-state index in [1.54, 1.807) is 0 Å². The standard InChI is InChI=1S/C21H27N/c1-3-8-17(9-4-2)20-19-12-6-5-10-16(19)13-14-18-11-7-15-22-21(18)20/h5-7,10-12,15,17,20H,3-4,8-9,13-14H2,1-2H3. The van der Waals surface area contributed by atoms with Crippen LogP contribution in [0, 0.1) is 5.92 Å². The van der Waals surface area contributed by atoms with Crippen LogP contribution in [0.4, 0.5) is 0 Å². The predicted molar refractivity (Wildman–Crippen MR) is 93.2 cm³/mol. The normalized spacial score (nSPS) is 17.0. The summed E-state index contributed by atoms with van der Waals surface area (Å²) in [5.74, 6) is 1.19. The van der Waals surface area contributed by atoms with E-state index in [0.717, 1.165) is 12.8 Å². The summed E-state index contributed by atoms with van der Waals surface area (Å²) >= 11 is 0. The number of fused-ring (bicyclic) bond motifs is 2. The molecule has 2 aromatic rings. The summed E-state index contributed by atoms with van der Waals surface area (Å²) in [6, 6.07) is 13.4. The summed E-state index contributed by atoms with van der Waals surface area (Å²) in [5.41, 5.74) is 5.87. The fourth-order valence-electron chi connectivity index (χ4n) is 4.12. The maximum absolute atomic E-state index is 4.84. The minimum atomic E-state index is 0.481. The van der Waals surface area contributed by atoms with Gasteiger partial charge >= 0.3 is 0 Å². The van der Waals surface area contributed by atoms with E-state index in [4.69, 9.17) is 4.98 Å². The molecule has 0 bridgehead atoms. The Labute approximate surface area is 134 Å². The molecule has 22 heavy (non-hydrogen) atoms. The zero-order valence-electron chi connectivity index (χ0n) is 13.9. The van der Waals surface area contributed by atoms with Gasteiger partial charge in [-0.25, -0.2) is 0 Å². The number of aryl methyl sites for hydroxylation is 2. The van der Waals surface area contributed by atoms with Crippen molar-refractivity contribution in [2.45, 2.75) is 58.3 Å². The van der Waals surface area contributed by atoms with Crippen molar-refractivity contribution in [3.63, 3.8) is 0 Å². The molecule has 0 fully saturated rings. The average molecular weight is 293 g/mol. The molecule has 1 nitrogen and oxygen atoms in total. The number of pyridine rings is 1. The third kappa shape index (κ3) is 2.95. The molecular weight excluding hydrogens is 266 g/mol. The molecular formula is C21H27N. The smallest absolute Gasteiger partial charge is 0.0513 e. The summed E-state index contributed by atoms with van der Waals surface area (Å²) in [5, 5.41) is 0. The van der Waals surface area contributed by atoms with Gasteiger partial charge in [0.15, 0.2) is 0 Å². The molecule has 0 saturated heterocycles. The van der Waals surface area contributed by atoms with Crippen LogP contribution in [0.25, 0.3) is 0 Å². The number of aromatic nitrogens is 1. The molecule has 1 aromatic carbocycles. The van der Waals surface area contributed by atoms with Crippen molar-refractivity contribution >= 4 is 0 Å². The first kappa shape index (κ1) is 15.3. The second kappa shape index (κ2) is 7.09. The highest BCUT2D eigenvalue weighted by Crippen LogP contribution is 2.41. The van der Waals surface area contributed by atoms with E-state index in [1.165, 1.54) is 48.1 Å². The molecule has 3 rings (SSSR count). The van der Waals surface area contributed by atoms with Gasteiger partial charge in [0.05, 0.1) is 5.69 Å². The van der Waals surface area contributed by atoms with Crippen molar-refractivity contribution in [1.82, 2.24) is 4.98 Å². The highest BCUT2D eigenvalue weighted by molar-refractivity contribution is 5.42. The third-order valence-corrected chi connectivity index (χ3v) is 5.06. The molecule has 0 spiro atoms. The Kier molecular flexibility index (Phi) is 4.92. The molecule has 0 saturated carbocycles. The van der Waals surface area contributed by atoms with Gasteiger partial charge in [0.1, 0.15) is 0 Å². The first-order chi connectivity index (χ1) is 10.8. The zero-order valence-corrected chi connectivity index (χ0v) is 13.9. The Hall–Kier alpha value is -1.63. The molecule has 116 valence electrons. The van der Waals surface area contributed by atoms with Crippen LogP contribution in [0.2, 0.25) is 0 Å². The lowest BCUT2D eigenvalue weighted by atomic mass is 9.77. The molecule has 1 atom stereocenters. The van der Waals surface area contributed by atoms with Crippen molar-refractivity contribution < 1.29 is 0 Å². The molecule has 0 amide bonds. The fourth-order valence-corrected chi connectivity index (χ4v) is 4.12. The molecule has 0 aliphatic heterocycles. The van der Waals surface area contributed by atoms with Crippen molar-refractivity contribution in [3.05, 3.63) is 65.0 Å². The Morgan fingerprint density at radius 1 is 0.955 bits per heavy atom. The summed E-state index contributed by atoms with van der Waals surface area (Å²) in [7, 11) is 0. The van der Waals surface area contributed by atoms with Crippen LogP contribution in [0.5, 0.6) is 0 Å². The summed E-state index contributed by atoms with van der Waals surface area (Å²) in [6.45, 7) is 4.62. The number of rotatable bonds is 5. The molecule has 0 N–H and O–H groups in total. The lowest BCUT2D eigenvalue weighted by Crippen LogP contribution is -2.17. The predicted octanol–water partition coefficient (Wildman–Crippen LogP) is 5.53. The second-order valence-electron chi connectivity index (χ2n) is 6.56.